The van der Waals surface area contributed by atoms with Gasteiger partial charge < -0.3 is 19.5 Å². The van der Waals surface area contributed by atoms with Gasteiger partial charge in [0.15, 0.2) is 0 Å². The van der Waals surface area contributed by atoms with E-state index in [2.05, 4.69) is 4.90 Å². The van der Waals surface area contributed by atoms with E-state index in [1.165, 1.54) is 29.2 Å². The molecule has 1 amide bonds. The molecule has 2 aliphatic heterocycles. The molecule has 0 aromatic heterocycles. The Morgan fingerprint density at radius 2 is 1.69 bits per heavy atom. The number of likely N-dealkylation sites (tertiary alicyclic amines) is 1. The van der Waals surface area contributed by atoms with Gasteiger partial charge in [-0.15, -0.1) is 0 Å². The molecule has 0 aliphatic carbocycles. The number of morpholine rings is 1. The summed E-state index contributed by atoms with van der Waals surface area (Å²) in [6.07, 6.45) is 0.615. The maximum absolute atomic E-state index is 13.3. The second kappa shape index (κ2) is 13.0. The molecule has 10 nitrogen and oxygen atoms in total. The molecule has 0 radical (unpaired) electrons. The quantitative estimate of drug-likeness (QED) is 0.123. The molecule has 3 aromatic carbocycles. The van der Waals surface area contributed by atoms with Crippen LogP contribution >= 0.6 is 0 Å². The van der Waals surface area contributed by atoms with Gasteiger partial charge in [-0.3, -0.25) is 24.6 Å². The fourth-order valence-electron chi connectivity index (χ4n) is 5.32. The summed E-state index contributed by atoms with van der Waals surface area (Å²) in [6, 6.07) is 19.5. The van der Waals surface area contributed by atoms with Gasteiger partial charge in [-0.1, -0.05) is 24.3 Å². The number of amides is 1. The molecule has 0 bridgehead atoms. The summed E-state index contributed by atoms with van der Waals surface area (Å²) >= 11 is 0. The van der Waals surface area contributed by atoms with Crippen molar-refractivity contribution in [1.29, 1.82) is 0 Å². The zero-order chi connectivity index (χ0) is 29.6. The molecule has 2 fully saturated rings. The van der Waals surface area contributed by atoms with Crippen LogP contribution in [0.15, 0.2) is 78.4 Å². The highest BCUT2D eigenvalue weighted by Gasteiger charge is 2.46. The van der Waals surface area contributed by atoms with Crippen molar-refractivity contribution in [3.05, 3.63) is 111 Å². The number of hydrogen-bond acceptors (Lipinski definition) is 8. The minimum Gasteiger partial charge on any atom is -0.507 e. The number of Topliss-reactive ketones (excluding diaryl/α,β-unsaturated/α-hetero) is 1. The number of carbonyl (C=O) groups is 2. The number of carbonyl (C=O) groups excluding carboxylic acids is 2. The van der Waals surface area contributed by atoms with Crippen LogP contribution in [0.5, 0.6) is 5.75 Å². The predicted molar refractivity (Wildman–Crippen MR) is 156 cm³/mol. The van der Waals surface area contributed by atoms with Gasteiger partial charge >= 0.3 is 0 Å². The largest absolute Gasteiger partial charge is 0.507 e. The van der Waals surface area contributed by atoms with Crippen LogP contribution in [0.3, 0.4) is 0 Å². The Balaban J connectivity index is 1.40. The lowest BCUT2D eigenvalue weighted by atomic mass is 9.95. The van der Waals surface area contributed by atoms with Crippen molar-refractivity contribution in [3.63, 3.8) is 0 Å². The number of aliphatic hydroxyl groups excluding tert-OH is 1. The minimum atomic E-state index is -0.882. The number of benzene rings is 3. The zero-order valence-electron chi connectivity index (χ0n) is 23.4. The summed E-state index contributed by atoms with van der Waals surface area (Å²) in [5, 5.41) is 22.6. The highest BCUT2D eigenvalue weighted by Crippen LogP contribution is 2.40. The molecule has 10 heteroatoms. The first-order chi connectivity index (χ1) is 20.3. The van der Waals surface area contributed by atoms with Crippen LogP contribution in [0.1, 0.15) is 34.7 Å². The molecule has 2 saturated heterocycles. The molecule has 1 atom stereocenters. The Kier molecular flexibility index (Phi) is 8.94. The van der Waals surface area contributed by atoms with Crippen LogP contribution in [0.25, 0.3) is 5.76 Å². The summed E-state index contributed by atoms with van der Waals surface area (Å²) in [6.45, 7) is 6.32. The van der Waals surface area contributed by atoms with Crippen LogP contribution in [0, 0.1) is 17.0 Å². The normalized spacial score (nSPS) is 18.8. The Hall–Kier alpha value is -4.54. The van der Waals surface area contributed by atoms with Crippen molar-refractivity contribution in [2.24, 2.45) is 0 Å². The number of rotatable bonds is 10. The summed E-state index contributed by atoms with van der Waals surface area (Å²) in [5.41, 5.74) is 2.88. The Morgan fingerprint density at radius 1 is 1.00 bits per heavy atom. The van der Waals surface area contributed by atoms with Crippen molar-refractivity contribution in [1.82, 2.24) is 9.80 Å². The second-order valence-electron chi connectivity index (χ2n) is 10.4. The third-order valence-corrected chi connectivity index (χ3v) is 7.72. The van der Waals surface area contributed by atoms with Crippen molar-refractivity contribution < 1.29 is 29.1 Å². The molecule has 0 spiro atoms. The number of ketones is 1. The number of aliphatic hydroxyl groups is 1. The van der Waals surface area contributed by atoms with E-state index in [-0.39, 0.29) is 23.6 Å². The topological polar surface area (TPSA) is 122 Å². The molecule has 218 valence electrons. The number of non-ortho nitro benzene ring substituents is 1. The fourth-order valence-corrected chi connectivity index (χ4v) is 5.32. The second-order valence-corrected chi connectivity index (χ2v) is 10.4. The van der Waals surface area contributed by atoms with Crippen LogP contribution in [-0.2, 0) is 20.9 Å². The molecule has 1 unspecified atom stereocenters. The van der Waals surface area contributed by atoms with Crippen LogP contribution < -0.4 is 4.74 Å². The summed E-state index contributed by atoms with van der Waals surface area (Å²) in [4.78, 5) is 41.0. The van der Waals surface area contributed by atoms with E-state index in [9.17, 15) is 24.8 Å². The first kappa shape index (κ1) is 29.0. The molecule has 42 heavy (non-hydrogen) atoms. The zero-order valence-corrected chi connectivity index (χ0v) is 23.4. The summed E-state index contributed by atoms with van der Waals surface area (Å²) in [7, 11) is 0. The SMILES string of the molecule is Cc1ccccc1COc1ccc(/C(O)=C2\C(=O)C(=O)N(CCCN3CCOCC3)C2c2ccc([N+](=O)[O-])cc2)cc1. The van der Waals surface area contributed by atoms with Gasteiger partial charge in [-0.2, -0.15) is 0 Å². The molecule has 5 rings (SSSR count). The van der Waals surface area contributed by atoms with Gasteiger partial charge in [-0.25, -0.2) is 0 Å². The highest BCUT2D eigenvalue weighted by molar-refractivity contribution is 6.46. The van der Waals surface area contributed by atoms with Gasteiger partial charge in [0.1, 0.15) is 18.1 Å². The fraction of sp³-hybridized carbons (Fsp3) is 0.312. The van der Waals surface area contributed by atoms with E-state index in [0.717, 1.165) is 30.8 Å². The van der Waals surface area contributed by atoms with Gasteiger partial charge in [-0.05, 0) is 66.4 Å². The number of aryl methyl sites for hydroxylation is 1. The lowest BCUT2D eigenvalue weighted by Gasteiger charge is -2.29. The van der Waals surface area contributed by atoms with Crippen LogP contribution in [-0.4, -0.2) is 70.9 Å². The number of nitrogens with zero attached hydrogens (tertiary/aromatic N) is 3. The minimum absolute atomic E-state index is 0.0474. The third-order valence-electron chi connectivity index (χ3n) is 7.72. The maximum Gasteiger partial charge on any atom is 0.295 e. The summed E-state index contributed by atoms with van der Waals surface area (Å²) in [5.74, 6) is -1.22. The van der Waals surface area contributed by atoms with Crippen molar-refractivity contribution >= 4 is 23.1 Å². The smallest absolute Gasteiger partial charge is 0.295 e. The molecule has 2 heterocycles. The maximum atomic E-state index is 13.3. The van der Waals surface area contributed by atoms with Gasteiger partial charge in [0.25, 0.3) is 17.4 Å². The first-order valence-electron chi connectivity index (χ1n) is 13.9. The number of ether oxygens (including phenoxy) is 2. The van der Waals surface area contributed by atoms with E-state index in [0.29, 0.717) is 43.1 Å². The summed E-state index contributed by atoms with van der Waals surface area (Å²) < 4.78 is 11.3. The van der Waals surface area contributed by atoms with E-state index >= 15 is 0 Å². The van der Waals surface area contributed by atoms with E-state index in [1.807, 2.05) is 31.2 Å². The van der Waals surface area contributed by atoms with E-state index in [1.54, 1.807) is 24.3 Å². The van der Waals surface area contributed by atoms with Crippen molar-refractivity contribution in [3.8, 4) is 5.75 Å². The predicted octanol–water partition coefficient (Wildman–Crippen LogP) is 4.63. The number of nitro benzene ring substituents is 1. The first-order valence-corrected chi connectivity index (χ1v) is 13.9. The third kappa shape index (κ3) is 6.35. The van der Waals surface area contributed by atoms with E-state index < -0.39 is 22.7 Å². The average molecular weight is 572 g/mol. The Bertz CT molecular complexity index is 1480. The lowest BCUT2D eigenvalue weighted by Crippen LogP contribution is -2.38. The molecule has 2 aliphatic rings. The van der Waals surface area contributed by atoms with Gasteiger partial charge in [0, 0.05) is 43.9 Å². The lowest BCUT2D eigenvalue weighted by molar-refractivity contribution is -0.384. The van der Waals surface area contributed by atoms with Gasteiger partial charge in [0.05, 0.1) is 29.8 Å². The molecule has 1 N–H and O–H groups in total. The molecular formula is C32H33N3O7. The number of hydrogen-bond donors (Lipinski definition) is 1. The molecular weight excluding hydrogens is 538 g/mol. The Morgan fingerprint density at radius 3 is 2.36 bits per heavy atom. The highest BCUT2D eigenvalue weighted by atomic mass is 16.6. The number of nitro groups is 1. The van der Waals surface area contributed by atoms with Crippen LogP contribution in [0.2, 0.25) is 0 Å². The monoisotopic (exact) mass is 571 g/mol. The van der Waals surface area contributed by atoms with Gasteiger partial charge in [0.2, 0.25) is 0 Å². The van der Waals surface area contributed by atoms with Crippen molar-refractivity contribution in [2.75, 3.05) is 39.4 Å². The van der Waals surface area contributed by atoms with E-state index in [4.69, 9.17) is 9.47 Å². The molecule has 0 saturated carbocycles. The van der Waals surface area contributed by atoms with Crippen molar-refractivity contribution in [2.45, 2.75) is 26.0 Å². The standard InChI is InChI=1S/C32H33N3O7/c1-22-5-2-3-6-25(22)21-42-27-13-9-24(10-14-27)30(36)28-29(23-7-11-26(12-8-23)35(39)40)34(32(38)31(28)37)16-4-15-33-17-19-41-20-18-33/h2-3,5-14,29,36H,4,15-21H2,1H3/b30-28+. The Labute approximate surface area is 243 Å². The van der Waals surface area contributed by atoms with Crippen LogP contribution in [0.4, 0.5) is 5.69 Å². The average Bonchev–Trinajstić information content (AvgIpc) is 3.26. The molecule has 3 aromatic rings.